The molecule has 110 valence electrons. The number of alkyl halides is 3. The van der Waals surface area contributed by atoms with Crippen LogP contribution >= 0.6 is 0 Å². The summed E-state index contributed by atoms with van der Waals surface area (Å²) < 4.78 is 41.9. The van der Waals surface area contributed by atoms with Crippen LogP contribution in [0.3, 0.4) is 0 Å². The van der Waals surface area contributed by atoms with E-state index in [-0.39, 0.29) is 6.54 Å². The maximum Gasteiger partial charge on any atom is 0.390 e. The lowest BCUT2D eigenvalue weighted by Gasteiger charge is -2.16. The average molecular weight is 278 g/mol. The molecule has 1 aromatic heterocycles. The van der Waals surface area contributed by atoms with Gasteiger partial charge >= 0.3 is 6.18 Å². The van der Waals surface area contributed by atoms with Crippen LogP contribution in [0.4, 0.5) is 13.2 Å². The molecule has 0 bridgehead atoms. The molecule has 1 aromatic rings. The molecule has 0 aliphatic rings. The molecule has 0 amide bonds. The molecule has 19 heavy (non-hydrogen) atoms. The molecule has 0 unspecified atom stereocenters. The van der Waals surface area contributed by atoms with Gasteiger partial charge in [-0.15, -0.1) is 0 Å². The summed E-state index contributed by atoms with van der Waals surface area (Å²) in [5.74, 6) is 1.55. The Morgan fingerprint density at radius 1 is 1.37 bits per heavy atom. The van der Waals surface area contributed by atoms with Crippen molar-refractivity contribution in [2.75, 3.05) is 20.1 Å². The van der Waals surface area contributed by atoms with Gasteiger partial charge in [-0.1, -0.05) is 6.92 Å². The molecule has 0 spiro atoms. The molecule has 0 atom stereocenters. The third-order valence-corrected chi connectivity index (χ3v) is 2.81. The van der Waals surface area contributed by atoms with Gasteiger partial charge < -0.3 is 9.73 Å². The highest BCUT2D eigenvalue weighted by molar-refractivity contribution is 5.19. The van der Waals surface area contributed by atoms with E-state index in [1.165, 1.54) is 0 Å². The van der Waals surface area contributed by atoms with E-state index in [9.17, 15) is 13.2 Å². The molecule has 6 heteroatoms. The lowest BCUT2D eigenvalue weighted by molar-refractivity contribution is -0.137. The summed E-state index contributed by atoms with van der Waals surface area (Å²) in [5, 5.41) is 3.16. The lowest BCUT2D eigenvalue weighted by Crippen LogP contribution is -2.23. The Morgan fingerprint density at radius 3 is 2.63 bits per heavy atom. The van der Waals surface area contributed by atoms with Crippen LogP contribution in [-0.2, 0) is 13.1 Å². The number of halogens is 3. The minimum Gasteiger partial charge on any atom is -0.463 e. The molecule has 1 N–H and O–H groups in total. The van der Waals surface area contributed by atoms with Crippen LogP contribution in [0.15, 0.2) is 10.5 Å². The first-order chi connectivity index (χ1) is 8.81. The van der Waals surface area contributed by atoms with E-state index in [0.29, 0.717) is 18.8 Å². The molecule has 0 aliphatic carbocycles. The van der Waals surface area contributed by atoms with Crippen LogP contribution in [0.5, 0.6) is 0 Å². The summed E-state index contributed by atoms with van der Waals surface area (Å²) >= 11 is 0. The number of furan rings is 1. The molecular formula is C13H21F3N2O. The largest absolute Gasteiger partial charge is 0.463 e. The third kappa shape index (κ3) is 6.11. The summed E-state index contributed by atoms with van der Waals surface area (Å²) in [7, 11) is 1.66. The van der Waals surface area contributed by atoms with Crippen molar-refractivity contribution in [2.45, 2.75) is 39.5 Å². The van der Waals surface area contributed by atoms with E-state index < -0.39 is 12.6 Å². The van der Waals surface area contributed by atoms with E-state index in [2.05, 4.69) is 5.32 Å². The normalized spacial score (nSPS) is 12.4. The van der Waals surface area contributed by atoms with Crippen LogP contribution < -0.4 is 5.32 Å². The molecule has 0 saturated carbocycles. The zero-order valence-corrected chi connectivity index (χ0v) is 11.6. The van der Waals surface area contributed by atoms with Crippen molar-refractivity contribution >= 4 is 0 Å². The summed E-state index contributed by atoms with van der Waals surface area (Å²) in [6.45, 7) is 5.81. The van der Waals surface area contributed by atoms with E-state index >= 15 is 0 Å². The third-order valence-electron chi connectivity index (χ3n) is 2.81. The number of rotatable bonds is 7. The number of hydrogen-bond acceptors (Lipinski definition) is 3. The van der Waals surface area contributed by atoms with Crippen molar-refractivity contribution in [3.05, 3.63) is 23.2 Å². The SMILES string of the molecule is CCNCc1oc(CN(C)CCC(F)(F)F)cc1C. The van der Waals surface area contributed by atoms with Gasteiger partial charge in [-0.25, -0.2) is 0 Å². The first kappa shape index (κ1) is 16.0. The average Bonchev–Trinajstić information content (AvgIpc) is 2.63. The Kier molecular flexibility index (Phi) is 5.87. The van der Waals surface area contributed by atoms with Crippen molar-refractivity contribution in [2.24, 2.45) is 0 Å². The molecule has 0 saturated heterocycles. The smallest absolute Gasteiger partial charge is 0.390 e. The fraction of sp³-hybridized carbons (Fsp3) is 0.692. The first-order valence-electron chi connectivity index (χ1n) is 6.36. The molecule has 0 radical (unpaired) electrons. The van der Waals surface area contributed by atoms with Gasteiger partial charge in [0.25, 0.3) is 0 Å². The van der Waals surface area contributed by atoms with Gasteiger partial charge in [0, 0.05) is 6.54 Å². The molecule has 0 aromatic carbocycles. The number of aryl methyl sites for hydroxylation is 1. The fourth-order valence-corrected chi connectivity index (χ4v) is 1.74. The quantitative estimate of drug-likeness (QED) is 0.831. The van der Waals surface area contributed by atoms with Crippen molar-refractivity contribution in [1.82, 2.24) is 10.2 Å². The number of nitrogens with one attached hydrogen (secondary N) is 1. The molecule has 1 rings (SSSR count). The Morgan fingerprint density at radius 2 is 2.05 bits per heavy atom. The summed E-state index contributed by atoms with van der Waals surface area (Å²) in [5.41, 5.74) is 1.03. The van der Waals surface area contributed by atoms with E-state index in [1.807, 2.05) is 19.9 Å². The van der Waals surface area contributed by atoms with Crippen LogP contribution in [0.1, 0.15) is 30.4 Å². The predicted octanol–water partition coefficient (Wildman–Crippen LogP) is 3.08. The van der Waals surface area contributed by atoms with Gasteiger partial charge in [0.2, 0.25) is 0 Å². The summed E-state index contributed by atoms with van der Waals surface area (Å²) in [4.78, 5) is 1.61. The second-order valence-electron chi connectivity index (χ2n) is 4.70. The minimum atomic E-state index is -4.11. The second kappa shape index (κ2) is 6.96. The standard InChI is InChI=1S/C13H21F3N2O/c1-4-17-8-12-10(2)7-11(19-12)9-18(3)6-5-13(14,15)16/h7,17H,4-6,8-9H2,1-3H3. The molecule has 1 heterocycles. The highest BCUT2D eigenvalue weighted by atomic mass is 19.4. The topological polar surface area (TPSA) is 28.4 Å². The van der Waals surface area contributed by atoms with Crippen molar-refractivity contribution in [3.8, 4) is 0 Å². The second-order valence-corrected chi connectivity index (χ2v) is 4.70. The van der Waals surface area contributed by atoms with Gasteiger partial charge in [0.05, 0.1) is 19.5 Å². The zero-order valence-electron chi connectivity index (χ0n) is 11.6. The Balaban J connectivity index is 2.48. The van der Waals surface area contributed by atoms with Crippen molar-refractivity contribution < 1.29 is 17.6 Å². The predicted molar refractivity (Wildman–Crippen MR) is 67.8 cm³/mol. The summed E-state index contributed by atoms with van der Waals surface area (Å²) in [6, 6.07) is 1.89. The highest BCUT2D eigenvalue weighted by Crippen LogP contribution is 2.21. The van der Waals surface area contributed by atoms with Crippen molar-refractivity contribution in [1.29, 1.82) is 0 Å². The monoisotopic (exact) mass is 278 g/mol. The van der Waals surface area contributed by atoms with Gasteiger partial charge in [-0.2, -0.15) is 13.2 Å². The van der Waals surface area contributed by atoms with Crippen LogP contribution in [0.2, 0.25) is 0 Å². The van der Waals surface area contributed by atoms with Crippen LogP contribution in [-0.4, -0.2) is 31.2 Å². The van der Waals surface area contributed by atoms with Crippen LogP contribution in [0, 0.1) is 6.92 Å². The van der Waals surface area contributed by atoms with E-state index in [0.717, 1.165) is 17.9 Å². The van der Waals surface area contributed by atoms with Crippen LogP contribution in [0.25, 0.3) is 0 Å². The van der Waals surface area contributed by atoms with Gasteiger partial charge in [0.15, 0.2) is 0 Å². The summed E-state index contributed by atoms with van der Waals surface area (Å²) in [6.07, 6.45) is -4.91. The molecule has 0 aliphatic heterocycles. The Bertz CT molecular complexity index is 388. The van der Waals surface area contributed by atoms with Gasteiger partial charge in [-0.3, -0.25) is 4.90 Å². The van der Waals surface area contributed by atoms with Crippen molar-refractivity contribution in [3.63, 3.8) is 0 Å². The van der Waals surface area contributed by atoms with E-state index in [1.54, 1.807) is 11.9 Å². The number of nitrogens with zero attached hydrogens (tertiary/aromatic N) is 1. The molecule has 0 fully saturated rings. The fourth-order valence-electron chi connectivity index (χ4n) is 1.74. The Labute approximate surface area is 111 Å². The van der Waals surface area contributed by atoms with Gasteiger partial charge in [0.1, 0.15) is 11.5 Å². The maximum atomic E-state index is 12.1. The minimum absolute atomic E-state index is 0.0220. The molecular weight excluding hydrogens is 257 g/mol. The molecule has 3 nitrogen and oxygen atoms in total. The first-order valence-corrected chi connectivity index (χ1v) is 6.36. The zero-order chi connectivity index (χ0) is 14.5. The van der Waals surface area contributed by atoms with E-state index in [4.69, 9.17) is 4.42 Å². The maximum absolute atomic E-state index is 12.1. The number of hydrogen-bond donors (Lipinski definition) is 1. The lowest BCUT2D eigenvalue weighted by atomic mass is 10.2. The van der Waals surface area contributed by atoms with Gasteiger partial charge in [-0.05, 0) is 32.1 Å². The highest BCUT2D eigenvalue weighted by Gasteiger charge is 2.27. The Hall–Kier alpha value is -1.01.